The molecule has 0 radical (unpaired) electrons. The Morgan fingerprint density at radius 1 is 1.00 bits per heavy atom. The van der Waals surface area contributed by atoms with Crippen LogP contribution < -0.4 is 10.6 Å². The highest BCUT2D eigenvalue weighted by atomic mass is 16.6. The number of nitrogens with zero attached hydrogens (tertiary/aromatic N) is 1. The van der Waals surface area contributed by atoms with Gasteiger partial charge in [-0.25, -0.2) is 4.79 Å². The van der Waals surface area contributed by atoms with Crippen molar-refractivity contribution < 1.29 is 24.2 Å². The maximum absolute atomic E-state index is 13.6. The second kappa shape index (κ2) is 11.7. The molecule has 0 heterocycles. The number of aryl methyl sites for hydroxylation is 1. The molecule has 0 aliphatic carbocycles. The Labute approximate surface area is 207 Å². The highest BCUT2D eigenvalue weighted by Gasteiger charge is 2.37. The second-order valence-electron chi connectivity index (χ2n) is 9.83. The number of phenolic OH excluding ortho intramolecular Hbond substituents is 1. The van der Waals surface area contributed by atoms with Gasteiger partial charge in [-0.15, -0.1) is 0 Å². The zero-order valence-electron chi connectivity index (χ0n) is 21.6. The highest BCUT2D eigenvalue weighted by Crippen LogP contribution is 2.33. The van der Waals surface area contributed by atoms with Crippen molar-refractivity contribution in [2.24, 2.45) is 0 Å². The molecule has 0 bridgehead atoms. The average molecular weight is 484 g/mol. The summed E-state index contributed by atoms with van der Waals surface area (Å²) in [6.45, 7) is 12.3. The van der Waals surface area contributed by atoms with Crippen molar-refractivity contribution in [2.45, 2.75) is 78.7 Å². The number of alkyl carbamates (subject to hydrolysis) is 1. The van der Waals surface area contributed by atoms with Crippen LogP contribution in [-0.2, 0) is 20.9 Å². The number of amides is 3. The van der Waals surface area contributed by atoms with E-state index >= 15 is 0 Å². The molecule has 2 aromatic rings. The van der Waals surface area contributed by atoms with Crippen LogP contribution in [0, 0.1) is 6.92 Å². The molecule has 0 aliphatic heterocycles. The number of carbonyl (C=O) groups excluding carboxylic acids is 3. The van der Waals surface area contributed by atoms with Crippen molar-refractivity contribution in [3.63, 3.8) is 0 Å². The number of para-hydroxylation sites is 1. The quantitative estimate of drug-likeness (QED) is 0.521. The lowest BCUT2D eigenvalue weighted by molar-refractivity contribution is -0.144. The molecule has 8 heteroatoms. The number of rotatable bonds is 8. The van der Waals surface area contributed by atoms with E-state index in [-0.39, 0.29) is 12.3 Å². The summed E-state index contributed by atoms with van der Waals surface area (Å²) >= 11 is 0. The Balaban J connectivity index is 2.40. The molecule has 8 nitrogen and oxygen atoms in total. The molecule has 3 amide bonds. The van der Waals surface area contributed by atoms with Crippen LogP contribution >= 0.6 is 0 Å². The van der Waals surface area contributed by atoms with Crippen LogP contribution in [0.3, 0.4) is 0 Å². The number of aromatic hydroxyl groups is 1. The van der Waals surface area contributed by atoms with E-state index in [9.17, 15) is 19.5 Å². The van der Waals surface area contributed by atoms with Gasteiger partial charge in [0, 0.05) is 18.2 Å². The maximum atomic E-state index is 13.6. The number of hydrogen-bond donors (Lipinski definition) is 3. The summed E-state index contributed by atoms with van der Waals surface area (Å²) in [6, 6.07) is 12.0. The smallest absolute Gasteiger partial charge is 0.408 e. The van der Waals surface area contributed by atoms with E-state index in [1.54, 1.807) is 59.7 Å². The molecule has 0 saturated heterocycles. The summed E-state index contributed by atoms with van der Waals surface area (Å²) < 4.78 is 5.27. The van der Waals surface area contributed by atoms with Crippen molar-refractivity contribution in [2.75, 3.05) is 0 Å². The standard InChI is InChI=1S/C27H37N3O5/c1-17(2)30(25(33)19(4)29-26(34)35-27(5,6)7)22(21-15-11-12-18(3)23(21)31)24(32)28-16-20-13-9-8-10-14-20/h8-15,17,19,22,31H,16H2,1-7H3,(H,28,32)(H,29,34). The molecule has 2 atom stereocenters. The summed E-state index contributed by atoms with van der Waals surface area (Å²) in [7, 11) is 0. The number of ether oxygens (including phenoxy) is 1. The lowest BCUT2D eigenvalue weighted by Crippen LogP contribution is -2.54. The van der Waals surface area contributed by atoms with Gasteiger partial charge >= 0.3 is 6.09 Å². The van der Waals surface area contributed by atoms with E-state index in [1.165, 1.54) is 11.8 Å². The highest BCUT2D eigenvalue weighted by molar-refractivity contribution is 5.92. The van der Waals surface area contributed by atoms with E-state index in [4.69, 9.17) is 4.74 Å². The van der Waals surface area contributed by atoms with Gasteiger partial charge in [-0.05, 0) is 59.6 Å². The molecule has 2 unspecified atom stereocenters. The molecule has 3 N–H and O–H groups in total. The van der Waals surface area contributed by atoms with E-state index < -0.39 is 41.6 Å². The van der Waals surface area contributed by atoms with Crippen LogP contribution in [0.15, 0.2) is 48.5 Å². The first kappa shape index (κ1) is 27.7. The van der Waals surface area contributed by atoms with Gasteiger partial charge in [-0.3, -0.25) is 9.59 Å². The minimum absolute atomic E-state index is 0.0569. The van der Waals surface area contributed by atoms with Crippen LogP contribution in [0.25, 0.3) is 0 Å². The number of phenols is 1. The van der Waals surface area contributed by atoms with E-state index in [0.29, 0.717) is 11.1 Å². The van der Waals surface area contributed by atoms with Gasteiger partial charge in [0.1, 0.15) is 23.4 Å². The SMILES string of the molecule is Cc1cccc(C(C(=O)NCc2ccccc2)N(C(=O)C(C)NC(=O)OC(C)(C)C)C(C)C)c1O. The molecule has 35 heavy (non-hydrogen) atoms. The summed E-state index contributed by atoms with van der Waals surface area (Å²) in [5, 5.41) is 16.3. The number of nitrogens with one attached hydrogen (secondary N) is 2. The van der Waals surface area contributed by atoms with Crippen LogP contribution in [0.4, 0.5) is 4.79 Å². The monoisotopic (exact) mass is 483 g/mol. The lowest BCUT2D eigenvalue weighted by atomic mass is 9.98. The first-order valence-electron chi connectivity index (χ1n) is 11.7. The molecular weight excluding hydrogens is 446 g/mol. The zero-order valence-corrected chi connectivity index (χ0v) is 21.6. The topological polar surface area (TPSA) is 108 Å². The van der Waals surface area contributed by atoms with Crippen molar-refractivity contribution in [1.29, 1.82) is 0 Å². The number of benzene rings is 2. The van der Waals surface area contributed by atoms with E-state index in [0.717, 1.165) is 5.56 Å². The first-order chi connectivity index (χ1) is 16.3. The second-order valence-corrected chi connectivity index (χ2v) is 9.83. The third-order valence-electron chi connectivity index (χ3n) is 5.31. The number of hydrogen-bond acceptors (Lipinski definition) is 5. The summed E-state index contributed by atoms with van der Waals surface area (Å²) in [6.07, 6.45) is -0.731. The summed E-state index contributed by atoms with van der Waals surface area (Å²) in [5.74, 6) is -0.980. The Hall–Kier alpha value is -3.55. The van der Waals surface area contributed by atoms with E-state index in [2.05, 4.69) is 10.6 Å². The fourth-order valence-corrected chi connectivity index (χ4v) is 3.65. The van der Waals surface area contributed by atoms with Crippen LogP contribution in [0.1, 0.15) is 64.3 Å². The molecule has 0 aliphatic rings. The van der Waals surface area contributed by atoms with Gasteiger partial charge in [0.25, 0.3) is 0 Å². The minimum atomic E-state index is -1.12. The van der Waals surface area contributed by atoms with Gasteiger partial charge in [-0.1, -0.05) is 48.5 Å². The number of carbonyl (C=O) groups is 3. The van der Waals surface area contributed by atoms with Crippen molar-refractivity contribution >= 4 is 17.9 Å². The van der Waals surface area contributed by atoms with Crippen molar-refractivity contribution in [3.8, 4) is 5.75 Å². The predicted molar refractivity (Wildman–Crippen MR) is 135 cm³/mol. The van der Waals surface area contributed by atoms with Gasteiger partial charge < -0.3 is 25.4 Å². The first-order valence-corrected chi connectivity index (χ1v) is 11.7. The fourth-order valence-electron chi connectivity index (χ4n) is 3.65. The Kier molecular flexibility index (Phi) is 9.28. The Bertz CT molecular complexity index is 1030. The van der Waals surface area contributed by atoms with Crippen LogP contribution in [-0.4, -0.2) is 45.6 Å². The molecule has 0 spiro atoms. The Morgan fingerprint density at radius 3 is 2.20 bits per heavy atom. The third kappa shape index (κ3) is 7.73. The van der Waals surface area contributed by atoms with Gasteiger partial charge in [0.2, 0.25) is 11.8 Å². The maximum Gasteiger partial charge on any atom is 0.408 e. The van der Waals surface area contributed by atoms with Gasteiger partial charge in [0.05, 0.1) is 0 Å². The average Bonchev–Trinajstić information content (AvgIpc) is 2.76. The molecule has 190 valence electrons. The van der Waals surface area contributed by atoms with Crippen LogP contribution in [0.2, 0.25) is 0 Å². The minimum Gasteiger partial charge on any atom is -0.507 e. The molecule has 0 aromatic heterocycles. The normalized spacial score (nSPS) is 13.0. The molecule has 0 saturated carbocycles. The lowest BCUT2D eigenvalue weighted by Gasteiger charge is -2.36. The van der Waals surface area contributed by atoms with E-state index in [1.807, 2.05) is 30.3 Å². The zero-order chi connectivity index (χ0) is 26.3. The fraction of sp³-hybridized carbons (Fsp3) is 0.444. The summed E-state index contributed by atoms with van der Waals surface area (Å²) in [5.41, 5.74) is 1.06. The molecule has 2 aromatic carbocycles. The van der Waals surface area contributed by atoms with Crippen molar-refractivity contribution in [3.05, 3.63) is 65.2 Å². The third-order valence-corrected chi connectivity index (χ3v) is 5.31. The predicted octanol–water partition coefficient (Wildman–Crippen LogP) is 4.21. The summed E-state index contributed by atoms with van der Waals surface area (Å²) in [4.78, 5) is 40.8. The van der Waals surface area contributed by atoms with Crippen LogP contribution in [0.5, 0.6) is 5.75 Å². The van der Waals surface area contributed by atoms with Crippen molar-refractivity contribution in [1.82, 2.24) is 15.5 Å². The molecular formula is C27H37N3O5. The molecule has 0 fully saturated rings. The molecule has 2 rings (SSSR count). The largest absolute Gasteiger partial charge is 0.507 e. The van der Waals surface area contributed by atoms with Gasteiger partial charge in [0.15, 0.2) is 0 Å². The Morgan fingerprint density at radius 2 is 1.63 bits per heavy atom. The van der Waals surface area contributed by atoms with Gasteiger partial charge in [-0.2, -0.15) is 0 Å².